The molecule has 0 spiro atoms. The van der Waals surface area contributed by atoms with E-state index in [1.807, 2.05) is 0 Å². The van der Waals surface area contributed by atoms with Gasteiger partial charge in [0, 0.05) is 5.38 Å². The number of esters is 1. The number of rotatable bonds is 7. The highest BCUT2D eigenvalue weighted by Gasteiger charge is 2.25. The largest absolute Gasteiger partial charge is 0.469 e. The summed E-state index contributed by atoms with van der Waals surface area (Å²) in [5, 5.41) is 7.16. The molecule has 0 aliphatic heterocycles. The van der Waals surface area contributed by atoms with Gasteiger partial charge >= 0.3 is 12.1 Å². The van der Waals surface area contributed by atoms with Crippen LogP contribution in [0.1, 0.15) is 26.5 Å². The molecule has 0 aliphatic rings. The van der Waals surface area contributed by atoms with Gasteiger partial charge in [-0.15, -0.1) is 11.3 Å². The first-order valence-corrected chi connectivity index (χ1v) is 8.00. The molecule has 1 atom stereocenters. The Labute approximate surface area is 138 Å². The van der Waals surface area contributed by atoms with Crippen molar-refractivity contribution >= 4 is 34.4 Å². The third kappa shape index (κ3) is 6.23. The third-order valence-corrected chi connectivity index (χ3v) is 3.64. The zero-order chi connectivity index (χ0) is 17.4. The summed E-state index contributed by atoms with van der Waals surface area (Å²) >= 11 is 1.19. The molecule has 1 rings (SSSR count). The van der Waals surface area contributed by atoms with Gasteiger partial charge in [0.25, 0.3) is 0 Å². The Kier molecular flexibility index (Phi) is 7.46. The summed E-state index contributed by atoms with van der Waals surface area (Å²) in [6.07, 6.45) is -0.607. The number of carbonyl (C=O) groups excluding carboxylic acids is 3. The molecule has 0 bridgehead atoms. The number of nitrogens with zero attached hydrogens (tertiary/aromatic N) is 1. The molecule has 8 nitrogen and oxygen atoms in total. The summed E-state index contributed by atoms with van der Waals surface area (Å²) in [5.41, 5.74) is 0.511. The fourth-order valence-electron chi connectivity index (χ4n) is 1.68. The molecule has 0 aromatic carbocycles. The Morgan fingerprint density at radius 1 is 1.35 bits per heavy atom. The van der Waals surface area contributed by atoms with Crippen molar-refractivity contribution in [2.45, 2.75) is 33.2 Å². The van der Waals surface area contributed by atoms with Crippen molar-refractivity contribution in [2.75, 3.05) is 19.0 Å². The Balaban J connectivity index is 2.67. The van der Waals surface area contributed by atoms with E-state index in [2.05, 4.69) is 20.4 Å². The zero-order valence-corrected chi connectivity index (χ0v) is 14.4. The van der Waals surface area contributed by atoms with Crippen LogP contribution in [0.25, 0.3) is 0 Å². The third-order valence-electron chi connectivity index (χ3n) is 2.83. The Hall–Kier alpha value is -2.16. The first-order chi connectivity index (χ1) is 10.9. The molecule has 0 radical (unpaired) electrons. The standard InChI is InChI=1S/C14H21N3O5S/c1-5-22-14(20)16-11(8(2)3)12(19)17-13-15-9(7-23-13)6-10(18)21-4/h7-8,11H,5-6H2,1-4H3,(H,16,20)(H,15,17,19). The van der Waals surface area contributed by atoms with Gasteiger partial charge in [0.2, 0.25) is 5.91 Å². The number of amides is 2. The number of aromatic nitrogens is 1. The average Bonchev–Trinajstić information content (AvgIpc) is 2.91. The van der Waals surface area contributed by atoms with Crippen molar-refractivity contribution < 1.29 is 23.9 Å². The zero-order valence-electron chi connectivity index (χ0n) is 13.5. The van der Waals surface area contributed by atoms with Crippen LogP contribution >= 0.6 is 11.3 Å². The SMILES string of the molecule is CCOC(=O)NC(C(=O)Nc1nc(CC(=O)OC)cs1)C(C)C. The van der Waals surface area contributed by atoms with Crippen LogP contribution in [0.2, 0.25) is 0 Å². The molecule has 1 aromatic rings. The fourth-order valence-corrected chi connectivity index (χ4v) is 2.40. The molecule has 1 unspecified atom stereocenters. The van der Waals surface area contributed by atoms with Gasteiger partial charge in [-0.1, -0.05) is 13.8 Å². The first-order valence-electron chi connectivity index (χ1n) is 7.12. The number of nitrogens with one attached hydrogen (secondary N) is 2. The summed E-state index contributed by atoms with van der Waals surface area (Å²) in [4.78, 5) is 39.1. The van der Waals surface area contributed by atoms with Gasteiger partial charge in [0.15, 0.2) is 5.13 Å². The van der Waals surface area contributed by atoms with E-state index >= 15 is 0 Å². The van der Waals surface area contributed by atoms with Crippen molar-refractivity contribution in [3.63, 3.8) is 0 Å². The predicted molar refractivity (Wildman–Crippen MR) is 85.2 cm³/mol. The van der Waals surface area contributed by atoms with Crippen molar-refractivity contribution in [1.82, 2.24) is 10.3 Å². The smallest absolute Gasteiger partial charge is 0.407 e. The molecule has 1 aromatic heterocycles. The number of hydrogen-bond acceptors (Lipinski definition) is 7. The van der Waals surface area contributed by atoms with E-state index in [1.165, 1.54) is 18.4 Å². The minimum Gasteiger partial charge on any atom is -0.469 e. The van der Waals surface area contributed by atoms with E-state index in [-0.39, 0.29) is 18.9 Å². The minimum atomic E-state index is -0.748. The van der Waals surface area contributed by atoms with Gasteiger partial charge in [-0.05, 0) is 12.8 Å². The number of methoxy groups -OCH3 is 1. The Morgan fingerprint density at radius 3 is 2.61 bits per heavy atom. The van der Waals surface area contributed by atoms with Gasteiger partial charge in [-0.3, -0.25) is 9.59 Å². The summed E-state index contributed by atoms with van der Waals surface area (Å²) < 4.78 is 9.35. The summed E-state index contributed by atoms with van der Waals surface area (Å²) in [5.74, 6) is -0.932. The summed E-state index contributed by atoms with van der Waals surface area (Å²) in [6, 6.07) is -0.748. The Morgan fingerprint density at radius 2 is 2.04 bits per heavy atom. The molecule has 1 heterocycles. The molecule has 0 saturated heterocycles. The number of hydrogen-bond donors (Lipinski definition) is 2. The molecular weight excluding hydrogens is 322 g/mol. The normalized spacial score (nSPS) is 11.7. The first kappa shape index (κ1) is 18.9. The fraction of sp³-hybridized carbons (Fsp3) is 0.571. The lowest BCUT2D eigenvalue weighted by Crippen LogP contribution is -2.47. The van der Waals surface area contributed by atoms with Gasteiger partial charge in [0.1, 0.15) is 6.04 Å². The van der Waals surface area contributed by atoms with Crippen molar-refractivity contribution in [1.29, 1.82) is 0 Å². The van der Waals surface area contributed by atoms with Gasteiger partial charge in [0.05, 0.1) is 25.8 Å². The van der Waals surface area contributed by atoms with Crippen LogP contribution in [-0.4, -0.2) is 42.7 Å². The van der Waals surface area contributed by atoms with E-state index < -0.39 is 24.0 Å². The molecule has 0 fully saturated rings. The molecule has 128 valence electrons. The van der Waals surface area contributed by atoms with Crippen LogP contribution < -0.4 is 10.6 Å². The topological polar surface area (TPSA) is 107 Å². The number of thiazole rings is 1. The van der Waals surface area contributed by atoms with Gasteiger partial charge in [-0.25, -0.2) is 9.78 Å². The maximum Gasteiger partial charge on any atom is 0.407 e. The van der Waals surface area contributed by atoms with E-state index in [0.29, 0.717) is 10.8 Å². The highest BCUT2D eigenvalue weighted by Crippen LogP contribution is 2.17. The van der Waals surface area contributed by atoms with E-state index in [1.54, 1.807) is 26.2 Å². The van der Waals surface area contributed by atoms with Crippen LogP contribution in [-0.2, 0) is 25.5 Å². The summed E-state index contributed by atoms with van der Waals surface area (Å²) in [6.45, 7) is 5.52. The lowest BCUT2D eigenvalue weighted by atomic mass is 10.0. The average molecular weight is 343 g/mol. The monoisotopic (exact) mass is 343 g/mol. The van der Waals surface area contributed by atoms with Crippen LogP contribution in [0.5, 0.6) is 0 Å². The molecule has 23 heavy (non-hydrogen) atoms. The molecular formula is C14H21N3O5S. The lowest BCUT2D eigenvalue weighted by molar-refractivity contribution is -0.139. The maximum absolute atomic E-state index is 12.3. The van der Waals surface area contributed by atoms with E-state index in [9.17, 15) is 14.4 Å². The second-order valence-corrected chi connectivity index (χ2v) is 5.83. The van der Waals surface area contributed by atoms with Crippen molar-refractivity contribution in [3.8, 4) is 0 Å². The molecule has 2 N–H and O–H groups in total. The van der Waals surface area contributed by atoms with Crippen molar-refractivity contribution in [3.05, 3.63) is 11.1 Å². The quantitative estimate of drug-likeness (QED) is 0.728. The molecule has 0 saturated carbocycles. The second-order valence-electron chi connectivity index (χ2n) is 4.97. The Bertz CT molecular complexity index is 558. The van der Waals surface area contributed by atoms with Crippen LogP contribution in [0, 0.1) is 5.92 Å². The second kappa shape index (κ2) is 9.09. The van der Waals surface area contributed by atoms with Crippen LogP contribution in [0.3, 0.4) is 0 Å². The minimum absolute atomic E-state index is 0.0392. The molecule has 0 aliphatic carbocycles. The number of anilines is 1. The van der Waals surface area contributed by atoms with Crippen LogP contribution in [0.15, 0.2) is 5.38 Å². The number of alkyl carbamates (subject to hydrolysis) is 1. The highest BCUT2D eigenvalue weighted by molar-refractivity contribution is 7.13. The lowest BCUT2D eigenvalue weighted by Gasteiger charge is -2.20. The number of carbonyl (C=O) groups is 3. The van der Waals surface area contributed by atoms with E-state index in [4.69, 9.17) is 4.74 Å². The molecule has 9 heteroatoms. The maximum atomic E-state index is 12.3. The van der Waals surface area contributed by atoms with Crippen LogP contribution in [0.4, 0.5) is 9.93 Å². The van der Waals surface area contributed by atoms with E-state index in [0.717, 1.165) is 0 Å². The number of ether oxygens (including phenoxy) is 2. The summed E-state index contributed by atoms with van der Waals surface area (Å²) in [7, 11) is 1.30. The van der Waals surface area contributed by atoms with Gasteiger partial charge < -0.3 is 20.1 Å². The predicted octanol–water partition coefficient (Wildman–Crippen LogP) is 1.57. The van der Waals surface area contributed by atoms with Crippen molar-refractivity contribution in [2.24, 2.45) is 5.92 Å². The highest BCUT2D eigenvalue weighted by atomic mass is 32.1. The van der Waals surface area contributed by atoms with Gasteiger partial charge in [-0.2, -0.15) is 0 Å². The molecule has 2 amide bonds.